The molecule has 4 nitrogen and oxygen atoms in total. The van der Waals surface area contributed by atoms with Crippen molar-refractivity contribution in [2.75, 3.05) is 11.9 Å². The molecule has 1 aliphatic rings. The number of nitrogens with one attached hydrogen (secondary N) is 1. The van der Waals surface area contributed by atoms with Crippen LogP contribution in [0.15, 0.2) is 12.3 Å². The summed E-state index contributed by atoms with van der Waals surface area (Å²) in [6, 6.07) is 1.80. The van der Waals surface area contributed by atoms with E-state index in [2.05, 4.69) is 22.2 Å². The van der Waals surface area contributed by atoms with Crippen LogP contribution in [0, 0.1) is 0 Å². The average Bonchev–Trinajstić information content (AvgIpc) is 2.62. The number of rotatable bonds is 3. The minimum Gasteiger partial charge on any atom is -0.373 e. The SMILES string of the molecule is CC1CCC(CNc2ccnc(Cl)n2)O1. The highest BCUT2D eigenvalue weighted by atomic mass is 35.5. The highest BCUT2D eigenvalue weighted by molar-refractivity contribution is 6.28. The van der Waals surface area contributed by atoms with Crippen molar-refractivity contribution in [3.63, 3.8) is 0 Å². The first-order valence-corrected chi connectivity index (χ1v) is 5.50. The van der Waals surface area contributed by atoms with Crippen molar-refractivity contribution >= 4 is 17.4 Å². The van der Waals surface area contributed by atoms with Gasteiger partial charge in [-0.2, -0.15) is 0 Å². The molecule has 2 unspecified atom stereocenters. The normalized spacial score (nSPS) is 25.5. The molecule has 0 bridgehead atoms. The monoisotopic (exact) mass is 227 g/mol. The summed E-state index contributed by atoms with van der Waals surface area (Å²) in [5.74, 6) is 0.748. The lowest BCUT2D eigenvalue weighted by Gasteiger charge is -2.12. The van der Waals surface area contributed by atoms with E-state index >= 15 is 0 Å². The Bertz CT molecular complexity index is 334. The van der Waals surface area contributed by atoms with Crippen molar-refractivity contribution in [3.8, 4) is 0 Å². The first kappa shape index (κ1) is 10.6. The van der Waals surface area contributed by atoms with Crippen LogP contribution in [0.3, 0.4) is 0 Å². The van der Waals surface area contributed by atoms with Gasteiger partial charge in [0.1, 0.15) is 5.82 Å². The molecule has 1 saturated heterocycles. The molecule has 1 N–H and O–H groups in total. The molecule has 2 rings (SSSR count). The van der Waals surface area contributed by atoms with Crippen molar-refractivity contribution in [2.24, 2.45) is 0 Å². The van der Waals surface area contributed by atoms with E-state index in [0.29, 0.717) is 6.10 Å². The van der Waals surface area contributed by atoms with Gasteiger partial charge >= 0.3 is 0 Å². The Kier molecular flexibility index (Phi) is 3.38. The number of aromatic nitrogens is 2. The van der Waals surface area contributed by atoms with Gasteiger partial charge in [-0.1, -0.05) is 0 Å². The van der Waals surface area contributed by atoms with Gasteiger partial charge in [-0.25, -0.2) is 9.97 Å². The fourth-order valence-electron chi connectivity index (χ4n) is 1.69. The molecule has 1 aromatic rings. The van der Waals surface area contributed by atoms with Gasteiger partial charge in [-0.05, 0) is 37.4 Å². The van der Waals surface area contributed by atoms with Crippen LogP contribution in [0.25, 0.3) is 0 Å². The number of halogens is 1. The maximum atomic E-state index is 5.67. The first-order chi connectivity index (χ1) is 7.24. The van der Waals surface area contributed by atoms with Crippen molar-refractivity contribution in [1.29, 1.82) is 0 Å². The first-order valence-electron chi connectivity index (χ1n) is 5.12. The fourth-order valence-corrected chi connectivity index (χ4v) is 1.83. The molecule has 2 atom stereocenters. The molecule has 1 aromatic heterocycles. The largest absolute Gasteiger partial charge is 0.373 e. The van der Waals surface area contributed by atoms with E-state index in [1.54, 1.807) is 12.3 Å². The molecule has 5 heteroatoms. The highest BCUT2D eigenvalue weighted by Crippen LogP contribution is 2.19. The second-order valence-electron chi connectivity index (χ2n) is 3.74. The number of hydrogen-bond acceptors (Lipinski definition) is 4. The lowest BCUT2D eigenvalue weighted by Crippen LogP contribution is -2.20. The summed E-state index contributed by atoms with van der Waals surface area (Å²) in [6.45, 7) is 2.87. The van der Waals surface area contributed by atoms with E-state index in [9.17, 15) is 0 Å². The zero-order valence-corrected chi connectivity index (χ0v) is 9.37. The van der Waals surface area contributed by atoms with Gasteiger partial charge in [0, 0.05) is 12.7 Å². The zero-order valence-electron chi connectivity index (χ0n) is 8.61. The Balaban J connectivity index is 1.83. The second-order valence-corrected chi connectivity index (χ2v) is 4.08. The van der Waals surface area contributed by atoms with Crippen LogP contribution in [0.4, 0.5) is 5.82 Å². The van der Waals surface area contributed by atoms with Gasteiger partial charge in [-0.15, -0.1) is 0 Å². The van der Waals surface area contributed by atoms with Crippen LogP contribution in [-0.4, -0.2) is 28.7 Å². The van der Waals surface area contributed by atoms with E-state index in [4.69, 9.17) is 16.3 Å². The van der Waals surface area contributed by atoms with Gasteiger partial charge in [0.15, 0.2) is 0 Å². The standard InChI is InChI=1S/C10H14ClN3O/c1-7-2-3-8(15-7)6-13-9-4-5-12-10(11)14-9/h4-5,7-8H,2-3,6H2,1H3,(H,12,13,14). The molecule has 0 aromatic carbocycles. The van der Waals surface area contributed by atoms with Crippen LogP contribution < -0.4 is 5.32 Å². The number of nitrogens with zero attached hydrogens (tertiary/aromatic N) is 2. The third-order valence-corrected chi connectivity index (χ3v) is 2.64. The second kappa shape index (κ2) is 4.77. The number of hydrogen-bond donors (Lipinski definition) is 1. The smallest absolute Gasteiger partial charge is 0.224 e. The van der Waals surface area contributed by atoms with E-state index in [1.807, 2.05) is 0 Å². The van der Waals surface area contributed by atoms with Crippen LogP contribution in [0.1, 0.15) is 19.8 Å². The molecule has 0 radical (unpaired) electrons. The zero-order chi connectivity index (χ0) is 10.7. The molecule has 0 amide bonds. The van der Waals surface area contributed by atoms with E-state index in [1.165, 1.54) is 0 Å². The maximum absolute atomic E-state index is 5.67. The Morgan fingerprint density at radius 2 is 2.47 bits per heavy atom. The van der Waals surface area contributed by atoms with Gasteiger partial charge in [0.2, 0.25) is 5.28 Å². The van der Waals surface area contributed by atoms with E-state index in [0.717, 1.165) is 25.2 Å². The topological polar surface area (TPSA) is 47.0 Å². The molecule has 2 heterocycles. The Morgan fingerprint density at radius 1 is 1.60 bits per heavy atom. The predicted octanol–water partition coefficient (Wildman–Crippen LogP) is 2.11. The van der Waals surface area contributed by atoms with Crippen molar-refractivity contribution in [1.82, 2.24) is 9.97 Å². The summed E-state index contributed by atoms with van der Waals surface area (Å²) in [4.78, 5) is 7.86. The summed E-state index contributed by atoms with van der Waals surface area (Å²) < 4.78 is 5.67. The lowest BCUT2D eigenvalue weighted by atomic mass is 10.2. The molecule has 0 saturated carbocycles. The summed E-state index contributed by atoms with van der Waals surface area (Å²) in [6.07, 6.45) is 4.54. The van der Waals surface area contributed by atoms with E-state index in [-0.39, 0.29) is 11.4 Å². The lowest BCUT2D eigenvalue weighted by molar-refractivity contribution is 0.0636. The van der Waals surface area contributed by atoms with Crippen molar-refractivity contribution < 1.29 is 4.74 Å². The molecule has 82 valence electrons. The predicted molar refractivity (Wildman–Crippen MR) is 59.1 cm³/mol. The molecule has 15 heavy (non-hydrogen) atoms. The van der Waals surface area contributed by atoms with Crippen LogP contribution >= 0.6 is 11.6 Å². The number of ether oxygens (including phenoxy) is 1. The third-order valence-electron chi connectivity index (χ3n) is 2.46. The summed E-state index contributed by atoms with van der Waals surface area (Å²) in [7, 11) is 0. The molecular weight excluding hydrogens is 214 g/mol. The Hall–Kier alpha value is -0.870. The van der Waals surface area contributed by atoms with Crippen LogP contribution in [-0.2, 0) is 4.74 Å². The van der Waals surface area contributed by atoms with Gasteiger partial charge < -0.3 is 10.1 Å². The van der Waals surface area contributed by atoms with Crippen molar-refractivity contribution in [2.45, 2.75) is 32.0 Å². The Morgan fingerprint density at radius 3 is 3.13 bits per heavy atom. The summed E-state index contributed by atoms with van der Waals surface area (Å²) in [5.41, 5.74) is 0. The molecule has 1 fully saturated rings. The maximum Gasteiger partial charge on any atom is 0.224 e. The van der Waals surface area contributed by atoms with Gasteiger partial charge in [0.05, 0.1) is 12.2 Å². The average molecular weight is 228 g/mol. The molecule has 1 aliphatic heterocycles. The summed E-state index contributed by atoms with van der Waals surface area (Å²) in [5, 5.41) is 3.45. The molecular formula is C10H14ClN3O. The Labute approximate surface area is 94.0 Å². The fraction of sp³-hybridized carbons (Fsp3) is 0.600. The number of anilines is 1. The third kappa shape index (κ3) is 3.04. The van der Waals surface area contributed by atoms with Gasteiger partial charge in [0.25, 0.3) is 0 Å². The van der Waals surface area contributed by atoms with Gasteiger partial charge in [-0.3, -0.25) is 0 Å². The minimum absolute atomic E-state index is 0.265. The summed E-state index contributed by atoms with van der Waals surface area (Å²) >= 11 is 5.67. The molecule has 0 aliphatic carbocycles. The van der Waals surface area contributed by atoms with E-state index < -0.39 is 0 Å². The van der Waals surface area contributed by atoms with Crippen molar-refractivity contribution in [3.05, 3.63) is 17.5 Å². The van der Waals surface area contributed by atoms with Crippen LogP contribution in [0.2, 0.25) is 5.28 Å². The molecule has 0 spiro atoms. The highest BCUT2D eigenvalue weighted by Gasteiger charge is 2.21. The van der Waals surface area contributed by atoms with Crippen LogP contribution in [0.5, 0.6) is 0 Å². The quantitative estimate of drug-likeness (QED) is 0.804. The minimum atomic E-state index is 0.265.